The van der Waals surface area contributed by atoms with Crippen molar-refractivity contribution in [2.45, 2.75) is 18.9 Å². The second-order valence-electron chi connectivity index (χ2n) is 4.98. The van der Waals surface area contributed by atoms with Gasteiger partial charge < -0.3 is 20.5 Å². The molecule has 0 saturated carbocycles. The molecule has 5 nitrogen and oxygen atoms in total. The predicted octanol–water partition coefficient (Wildman–Crippen LogP) is 1.76. The molecule has 0 fully saturated rings. The number of urea groups is 1. The van der Waals surface area contributed by atoms with Crippen LogP contribution in [0.3, 0.4) is 0 Å². The van der Waals surface area contributed by atoms with E-state index in [1.807, 2.05) is 30.3 Å². The summed E-state index contributed by atoms with van der Waals surface area (Å²) in [5, 5.41) is 15.0. The highest BCUT2D eigenvalue weighted by Crippen LogP contribution is 2.12. The first-order chi connectivity index (χ1) is 10.3. The molecule has 1 aromatic rings. The monoisotopic (exact) mass is 290 g/mol. The normalized spacial score (nSPS) is 16.0. The molecular weight excluding hydrogens is 268 g/mol. The third kappa shape index (κ3) is 5.21. The summed E-state index contributed by atoms with van der Waals surface area (Å²) >= 11 is 0. The maximum atomic E-state index is 11.8. The lowest BCUT2D eigenvalue weighted by Crippen LogP contribution is -2.39. The van der Waals surface area contributed by atoms with Crippen LogP contribution in [0, 0.1) is 0 Å². The van der Waals surface area contributed by atoms with Crippen LogP contribution in [-0.4, -0.2) is 37.5 Å². The van der Waals surface area contributed by atoms with Gasteiger partial charge in [0.1, 0.15) is 0 Å². The summed E-state index contributed by atoms with van der Waals surface area (Å²) in [4.78, 5) is 11.8. The summed E-state index contributed by atoms with van der Waals surface area (Å²) in [6.45, 7) is 1.89. The minimum atomic E-state index is -0.381. The van der Waals surface area contributed by atoms with E-state index in [2.05, 4.69) is 16.7 Å². The molecule has 114 valence electrons. The highest BCUT2D eigenvalue weighted by molar-refractivity contribution is 5.74. The number of aliphatic hydroxyl groups excluding tert-OH is 1. The molecule has 0 aliphatic carbocycles. The van der Waals surface area contributed by atoms with Gasteiger partial charge in [-0.05, 0) is 18.4 Å². The van der Waals surface area contributed by atoms with Crippen LogP contribution in [-0.2, 0) is 4.74 Å². The zero-order valence-corrected chi connectivity index (χ0v) is 12.0. The van der Waals surface area contributed by atoms with Gasteiger partial charge in [0.2, 0.25) is 0 Å². The highest BCUT2D eigenvalue weighted by Gasteiger charge is 2.13. The molecule has 1 unspecified atom stereocenters. The lowest BCUT2D eigenvalue weighted by Gasteiger charge is -2.18. The van der Waals surface area contributed by atoms with Crippen LogP contribution in [0.4, 0.5) is 4.79 Å². The fraction of sp³-hybridized carbons (Fsp3) is 0.438. The summed E-state index contributed by atoms with van der Waals surface area (Å²) in [5.41, 5.74) is 2.21. The molecule has 0 aromatic heterocycles. The number of carbonyl (C=O) groups is 1. The van der Waals surface area contributed by atoms with E-state index in [1.54, 1.807) is 0 Å². The number of amides is 2. The number of hydrogen-bond acceptors (Lipinski definition) is 3. The highest BCUT2D eigenvalue weighted by atomic mass is 16.5. The largest absolute Gasteiger partial charge is 0.394 e. The van der Waals surface area contributed by atoms with E-state index in [0.717, 1.165) is 25.0 Å². The molecule has 3 N–H and O–H groups in total. The van der Waals surface area contributed by atoms with Crippen LogP contribution >= 0.6 is 0 Å². The van der Waals surface area contributed by atoms with E-state index in [4.69, 9.17) is 4.74 Å². The SMILES string of the molecule is O=C(NCCC1=CCOCC1)NC(CO)c1ccccc1. The summed E-state index contributed by atoms with van der Waals surface area (Å²) in [7, 11) is 0. The van der Waals surface area contributed by atoms with Crippen molar-refractivity contribution in [3.63, 3.8) is 0 Å². The maximum Gasteiger partial charge on any atom is 0.315 e. The molecule has 1 heterocycles. The Bertz CT molecular complexity index is 474. The number of hydrogen-bond donors (Lipinski definition) is 3. The van der Waals surface area contributed by atoms with E-state index in [9.17, 15) is 9.90 Å². The van der Waals surface area contributed by atoms with Gasteiger partial charge in [0.05, 0.1) is 25.9 Å². The van der Waals surface area contributed by atoms with Gasteiger partial charge in [-0.25, -0.2) is 4.79 Å². The first kappa shape index (κ1) is 15.5. The summed E-state index contributed by atoms with van der Waals surface area (Å²) in [6.07, 6.45) is 3.85. The minimum absolute atomic E-state index is 0.125. The second kappa shape index (κ2) is 8.44. The van der Waals surface area contributed by atoms with E-state index in [-0.39, 0.29) is 18.7 Å². The molecule has 0 saturated heterocycles. The number of carbonyl (C=O) groups excluding carboxylic acids is 1. The van der Waals surface area contributed by atoms with Gasteiger partial charge in [-0.1, -0.05) is 42.0 Å². The summed E-state index contributed by atoms with van der Waals surface area (Å²) in [6, 6.07) is 8.80. The smallest absolute Gasteiger partial charge is 0.315 e. The Hall–Kier alpha value is -1.85. The van der Waals surface area contributed by atoms with Crippen molar-refractivity contribution in [2.75, 3.05) is 26.4 Å². The average Bonchev–Trinajstić information content (AvgIpc) is 2.54. The third-order valence-corrected chi connectivity index (χ3v) is 3.48. The van der Waals surface area contributed by atoms with Gasteiger partial charge in [0.15, 0.2) is 0 Å². The Morgan fingerprint density at radius 2 is 2.14 bits per heavy atom. The molecule has 1 aliphatic rings. The van der Waals surface area contributed by atoms with Gasteiger partial charge in [-0.15, -0.1) is 0 Å². The zero-order chi connectivity index (χ0) is 14.9. The molecular formula is C16H22N2O3. The number of ether oxygens (including phenoxy) is 1. The molecule has 0 bridgehead atoms. The van der Waals surface area contributed by atoms with Crippen molar-refractivity contribution in [3.8, 4) is 0 Å². The van der Waals surface area contributed by atoms with Crippen molar-refractivity contribution in [1.82, 2.24) is 10.6 Å². The molecule has 2 rings (SSSR count). The molecule has 5 heteroatoms. The molecule has 1 aromatic carbocycles. The third-order valence-electron chi connectivity index (χ3n) is 3.48. The number of rotatable bonds is 6. The van der Waals surface area contributed by atoms with Crippen molar-refractivity contribution >= 4 is 6.03 Å². The van der Waals surface area contributed by atoms with Crippen molar-refractivity contribution in [2.24, 2.45) is 0 Å². The topological polar surface area (TPSA) is 70.6 Å². The number of aliphatic hydroxyl groups is 1. The minimum Gasteiger partial charge on any atom is -0.394 e. The molecule has 1 aliphatic heterocycles. The van der Waals surface area contributed by atoms with Crippen LogP contribution in [0.25, 0.3) is 0 Å². The predicted molar refractivity (Wildman–Crippen MR) is 80.9 cm³/mol. The standard InChI is InChI=1S/C16H22N2O3/c19-12-15(14-4-2-1-3-5-14)18-16(20)17-9-6-13-7-10-21-11-8-13/h1-5,7,15,19H,6,8-12H2,(H2,17,18,20). The van der Waals surface area contributed by atoms with Crippen LogP contribution in [0.2, 0.25) is 0 Å². The molecule has 0 spiro atoms. The van der Waals surface area contributed by atoms with Gasteiger partial charge in [0, 0.05) is 6.54 Å². The molecule has 2 amide bonds. The first-order valence-electron chi connectivity index (χ1n) is 7.25. The average molecular weight is 290 g/mol. The van der Waals surface area contributed by atoms with E-state index < -0.39 is 0 Å². The van der Waals surface area contributed by atoms with Gasteiger partial charge in [-0.2, -0.15) is 0 Å². The zero-order valence-electron chi connectivity index (χ0n) is 12.0. The first-order valence-corrected chi connectivity index (χ1v) is 7.25. The molecule has 21 heavy (non-hydrogen) atoms. The van der Waals surface area contributed by atoms with Crippen molar-refractivity contribution < 1.29 is 14.6 Å². The Labute approximate surface area is 125 Å². The Morgan fingerprint density at radius 3 is 2.81 bits per heavy atom. The van der Waals surface area contributed by atoms with Crippen LogP contribution in [0.1, 0.15) is 24.4 Å². The Kier molecular flexibility index (Phi) is 6.24. The fourth-order valence-corrected chi connectivity index (χ4v) is 2.26. The van der Waals surface area contributed by atoms with Gasteiger partial charge in [-0.3, -0.25) is 0 Å². The fourth-order valence-electron chi connectivity index (χ4n) is 2.26. The van der Waals surface area contributed by atoms with Crippen molar-refractivity contribution in [1.29, 1.82) is 0 Å². The summed E-state index contributed by atoms with van der Waals surface area (Å²) in [5.74, 6) is 0. The van der Waals surface area contributed by atoms with Gasteiger partial charge in [0.25, 0.3) is 0 Å². The Morgan fingerprint density at radius 1 is 1.33 bits per heavy atom. The van der Waals surface area contributed by atoms with Crippen molar-refractivity contribution in [3.05, 3.63) is 47.5 Å². The van der Waals surface area contributed by atoms with Crippen LogP contribution in [0.15, 0.2) is 42.0 Å². The number of nitrogens with one attached hydrogen (secondary N) is 2. The van der Waals surface area contributed by atoms with Gasteiger partial charge >= 0.3 is 6.03 Å². The maximum absolute atomic E-state index is 11.8. The molecule has 0 radical (unpaired) electrons. The summed E-state index contributed by atoms with van der Waals surface area (Å²) < 4.78 is 5.24. The lowest BCUT2D eigenvalue weighted by molar-refractivity contribution is 0.153. The quantitative estimate of drug-likeness (QED) is 0.699. The Balaban J connectivity index is 1.74. The van der Waals surface area contributed by atoms with E-state index in [1.165, 1.54) is 5.57 Å². The molecule has 1 atom stereocenters. The van der Waals surface area contributed by atoms with Crippen LogP contribution < -0.4 is 10.6 Å². The second-order valence-corrected chi connectivity index (χ2v) is 4.98. The van der Waals surface area contributed by atoms with Crippen LogP contribution in [0.5, 0.6) is 0 Å². The van der Waals surface area contributed by atoms with E-state index >= 15 is 0 Å². The number of benzene rings is 1. The lowest BCUT2D eigenvalue weighted by atomic mass is 10.1. The van der Waals surface area contributed by atoms with E-state index in [0.29, 0.717) is 13.2 Å².